The highest BCUT2D eigenvalue weighted by atomic mass is 32.2. The number of ether oxygens (including phenoxy) is 1. The summed E-state index contributed by atoms with van der Waals surface area (Å²) in [6, 6.07) is 5.51. The molecule has 19 heavy (non-hydrogen) atoms. The van der Waals surface area contributed by atoms with Gasteiger partial charge in [-0.1, -0.05) is 19.4 Å². The quantitative estimate of drug-likeness (QED) is 0.821. The van der Waals surface area contributed by atoms with E-state index in [9.17, 15) is 9.90 Å². The lowest BCUT2D eigenvalue weighted by Gasteiger charge is -2.24. The number of benzene rings is 1. The molecule has 104 valence electrons. The number of hydrogen-bond acceptors (Lipinski definition) is 3. The lowest BCUT2D eigenvalue weighted by molar-refractivity contribution is 0.0681. The molecule has 0 bridgehead atoms. The molecule has 0 heterocycles. The second kappa shape index (κ2) is 6.85. The van der Waals surface area contributed by atoms with Crippen molar-refractivity contribution >= 4 is 17.7 Å². The molecule has 0 unspecified atom stereocenters. The van der Waals surface area contributed by atoms with E-state index in [1.165, 1.54) is 19.3 Å². The summed E-state index contributed by atoms with van der Waals surface area (Å²) in [5.74, 6) is 0.480. The first-order valence-corrected chi connectivity index (χ1v) is 7.86. The molecule has 0 saturated heterocycles. The molecule has 1 aromatic carbocycles. The zero-order valence-electron chi connectivity index (χ0n) is 11.2. The van der Waals surface area contributed by atoms with Crippen molar-refractivity contribution in [1.82, 2.24) is 0 Å². The number of carboxylic acids is 1. The topological polar surface area (TPSA) is 46.5 Å². The second-order valence-electron chi connectivity index (χ2n) is 4.75. The van der Waals surface area contributed by atoms with Crippen LogP contribution in [0, 0.1) is 0 Å². The van der Waals surface area contributed by atoms with Gasteiger partial charge in [0.25, 0.3) is 0 Å². The lowest BCUT2D eigenvalue weighted by atomic mass is 9.97. The van der Waals surface area contributed by atoms with Crippen LogP contribution in [-0.2, 0) is 0 Å². The van der Waals surface area contributed by atoms with Crippen LogP contribution in [0.25, 0.3) is 0 Å². The Balaban J connectivity index is 2.22. The maximum atomic E-state index is 11.5. The second-order valence-corrected chi connectivity index (χ2v) is 6.05. The maximum Gasteiger partial charge on any atom is 0.340 e. The number of carbonyl (C=O) groups is 1. The van der Waals surface area contributed by atoms with E-state index in [0.717, 1.165) is 23.5 Å². The summed E-state index contributed by atoms with van der Waals surface area (Å²) in [6.45, 7) is 2.02. The average molecular weight is 280 g/mol. The highest BCUT2D eigenvalue weighted by Crippen LogP contribution is 2.32. The van der Waals surface area contributed by atoms with Gasteiger partial charge < -0.3 is 9.84 Å². The summed E-state index contributed by atoms with van der Waals surface area (Å²) in [4.78, 5) is 12.3. The van der Waals surface area contributed by atoms with Crippen LogP contribution >= 0.6 is 11.8 Å². The zero-order chi connectivity index (χ0) is 13.7. The molecule has 0 aromatic heterocycles. The SMILES string of the molecule is CCSc1cccc(OC2CCCCC2)c1C(=O)O. The molecule has 0 radical (unpaired) electrons. The van der Waals surface area contributed by atoms with Crippen molar-refractivity contribution in [3.63, 3.8) is 0 Å². The van der Waals surface area contributed by atoms with Crippen LogP contribution < -0.4 is 4.74 Å². The minimum atomic E-state index is -0.901. The van der Waals surface area contributed by atoms with Crippen LogP contribution in [0.2, 0.25) is 0 Å². The Kier molecular flexibility index (Phi) is 5.14. The first-order chi connectivity index (χ1) is 9.22. The molecule has 1 aliphatic carbocycles. The third-order valence-corrected chi connectivity index (χ3v) is 4.29. The van der Waals surface area contributed by atoms with Crippen molar-refractivity contribution in [2.75, 3.05) is 5.75 Å². The first-order valence-electron chi connectivity index (χ1n) is 6.88. The van der Waals surface area contributed by atoms with Crippen molar-refractivity contribution < 1.29 is 14.6 Å². The summed E-state index contributed by atoms with van der Waals surface area (Å²) < 4.78 is 5.94. The van der Waals surface area contributed by atoms with E-state index in [1.807, 2.05) is 19.1 Å². The molecule has 1 N–H and O–H groups in total. The molecule has 1 saturated carbocycles. The molecule has 0 spiro atoms. The third kappa shape index (κ3) is 3.66. The van der Waals surface area contributed by atoms with E-state index in [1.54, 1.807) is 17.8 Å². The smallest absolute Gasteiger partial charge is 0.340 e. The van der Waals surface area contributed by atoms with E-state index in [0.29, 0.717) is 11.3 Å². The number of hydrogen-bond donors (Lipinski definition) is 1. The van der Waals surface area contributed by atoms with Crippen molar-refractivity contribution in [1.29, 1.82) is 0 Å². The molecule has 2 rings (SSSR count). The van der Waals surface area contributed by atoms with Crippen LogP contribution in [0.4, 0.5) is 0 Å². The first kappa shape index (κ1) is 14.3. The average Bonchev–Trinajstić information content (AvgIpc) is 2.40. The Morgan fingerprint density at radius 3 is 2.74 bits per heavy atom. The lowest BCUT2D eigenvalue weighted by Crippen LogP contribution is -2.21. The number of carboxylic acid groups (broad SMARTS) is 1. The Morgan fingerprint density at radius 2 is 2.11 bits per heavy atom. The zero-order valence-corrected chi connectivity index (χ0v) is 12.0. The van der Waals surface area contributed by atoms with Gasteiger partial charge in [-0.05, 0) is 43.6 Å². The highest BCUT2D eigenvalue weighted by Gasteiger charge is 2.21. The van der Waals surface area contributed by atoms with Gasteiger partial charge in [-0.2, -0.15) is 0 Å². The van der Waals surface area contributed by atoms with Gasteiger partial charge in [0.2, 0.25) is 0 Å². The van der Waals surface area contributed by atoms with Gasteiger partial charge in [-0.15, -0.1) is 11.8 Å². The van der Waals surface area contributed by atoms with E-state index in [2.05, 4.69) is 0 Å². The van der Waals surface area contributed by atoms with E-state index < -0.39 is 5.97 Å². The predicted molar refractivity (Wildman–Crippen MR) is 77.3 cm³/mol. The summed E-state index contributed by atoms with van der Waals surface area (Å²) in [5.41, 5.74) is 0.319. The fraction of sp³-hybridized carbons (Fsp3) is 0.533. The molecule has 0 amide bonds. The fourth-order valence-electron chi connectivity index (χ4n) is 2.46. The van der Waals surface area contributed by atoms with Gasteiger partial charge in [-0.25, -0.2) is 4.79 Å². The molecule has 3 nitrogen and oxygen atoms in total. The van der Waals surface area contributed by atoms with Crippen molar-refractivity contribution in [3.05, 3.63) is 23.8 Å². The van der Waals surface area contributed by atoms with Crippen LogP contribution in [0.15, 0.2) is 23.1 Å². The molecule has 1 aliphatic rings. The van der Waals surface area contributed by atoms with Gasteiger partial charge >= 0.3 is 5.97 Å². The molecular weight excluding hydrogens is 260 g/mol. The van der Waals surface area contributed by atoms with E-state index in [4.69, 9.17) is 4.74 Å². The highest BCUT2D eigenvalue weighted by molar-refractivity contribution is 7.99. The summed E-state index contributed by atoms with van der Waals surface area (Å²) >= 11 is 1.55. The Morgan fingerprint density at radius 1 is 1.37 bits per heavy atom. The van der Waals surface area contributed by atoms with Crippen molar-refractivity contribution in [2.24, 2.45) is 0 Å². The number of rotatable bonds is 5. The van der Waals surface area contributed by atoms with Crippen molar-refractivity contribution in [2.45, 2.75) is 50.0 Å². The molecule has 0 atom stereocenters. The largest absolute Gasteiger partial charge is 0.489 e. The summed E-state index contributed by atoms with van der Waals surface area (Å²) in [7, 11) is 0. The van der Waals surface area contributed by atoms with Gasteiger partial charge in [-0.3, -0.25) is 0 Å². The Hall–Kier alpha value is -1.16. The molecule has 1 fully saturated rings. The van der Waals surface area contributed by atoms with Gasteiger partial charge in [0.1, 0.15) is 11.3 Å². The van der Waals surface area contributed by atoms with Gasteiger partial charge in [0.05, 0.1) is 6.10 Å². The standard InChI is InChI=1S/C15H20O3S/c1-2-19-13-10-6-9-12(14(13)15(16)17)18-11-7-4-3-5-8-11/h6,9-11H,2-5,7-8H2,1H3,(H,16,17). The third-order valence-electron chi connectivity index (χ3n) is 3.35. The van der Waals surface area contributed by atoms with E-state index >= 15 is 0 Å². The Labute approximate surface area is 118 Å². The molecule has 1 aromatic rings. The summed E-state index contributed by atoms with van der Waals surface area (Å²) in [5, 5.41) is 9.41. The maximum absolute atomic E-state index is 11.5. The number of aromatic carboxylic acids is 1. The summed E-state index contributed by atoms with van der Waals surface area (Å²) in [6.07, 6.45) is 5.85. The van der Waals surface area contributed by atoms with Crippen LogP contribution in [-0.4, -0.2) is 22.9 Å². The van der Waals surface area contributed by atoms with Crippen LogP contribution in [0.1, 0.15) is 49.4 Å². The van der Waals surface area contributed by atoms with Crippen molar-refractivity contribution in [3.8, 4) is 5.75 Å². The Bertz CT molecular complexity index is 439. The van der Waals surface area contributed by atoms with Crippen LogP contribution in [0.3, 0.4) is 0 Å². The predicted octanol–water partition coefficient (Wildman–Crippen LogP) is 4.21. The molecule has 4 heteroatoms. The molecule has 0 aliphatic heterocycles. The van der Waals surface area contributed by atoms with Crippen LogP contribution in [0.5, 0.6) is 5.75 Å². The fourth-order valence-corrected chi connectivity index (χ4v) is 3.28. The molecular formula is C15H20O3S. The number of thioether (sulfide) groups is 1. The minimum absolute atomic E-state index is 0.175. The minimum Gasteiger partial charge on any atom is -0.489 e. The van der Waals surface area contributed by atoms with Gasteiger partial charge in [0, 0.05) is 4.90 Å². The normalized spacial score (nSPS) is 16.3. The monoisotopic (exact) mass is 280 g/mol. The van der Waals surface area contributed by atoms with Gasteiger partial charge in [0.15, 0.2) is 0 Å². The van der Waals surface area contributed by atoms with E-state index in [-0.39, 0.29) is 6.10 Å².